The standard InChI is InChI=1S/C20H26FN3O3/c1-24(2)20(9-4-3-5-10-20)14-22-19(25)17-12-27-18(23-17)13-26-16-8-6-7-15(21)11-16/h6-8,11-12H,3-5,9-10,13-14H2,1-2H3,(H,22,25). The van der Waals surface area contributed by atoms with Crippen molar-refractivity contribution in [2.24, 2.45) is 0 Å². The Labute approximate surface area is 158 Å². The molecule has 146 valence electrons. The van der Waals surface area contributed by atoms with Crippen LogP contribution in [0.15, 0.2) is 34.9 Å². The number of hydrogen-bond donors (Lipinski definition) is 1. The molecule has 1 aliphatic rings. The molecule has 3 rings (SSSR count). The van der Waals surface area contributed by atoms with E-state index in [1.54, 1.807) is 12.1 Å². The summed E-state index contributed by atoms with van der Waals surface area (Å²) in [6, 6.07) is 5.82. The van der Waals surface area contributed by atoms with Crippen LogP contribution in [-0.4, -0.2) is 42.0 Å². The van der Waals surface area contributed by atoms with Crippen LogP contribution in [0.1, 0.15) is 48.5 Å². The molecule has 0 radical (unpaired) electrons. The third-order valence-corrected chi connectivity index (χ3v) is 5.25. The molecule has 1 fully saturated rings. The van der Waals surface area contributed by atoms with E-state index in [4.69, 9.17) is 9.15 Å². The molecule has 27 heavy (non-hydrogen) atoms. The highest BCUT2D eigenvalue weighted by atomic mass is 19.1. The summed E-state index contributed by atoms with van der Waals surface area (Å²) in [5.74, 6) is 0.00823. The molecule has 6 nitrogen and oxygen atoms in total. The lowest BCUT2D eigenvalue weighted by Gasteiger charge is -2.43. The fourth-order valence-electron chi connectivity index (χ4n) is 3.51. The van der Waals surface area contributed by atoms with Gasteiger partial charge in [0.25, 0.3) is 5.91 Å². The van der Waals surface area contributed by atoms with Gasteiger partial charge in [0.1, 0.15) is 17.8 Å². The summed E-state index contributed by atoms with van der Waals surface area (Å²) in [7, 11) is 4.13. The van der Waals surface area contributed by atoms with E-state index in [0.29, 0.717) is 12.3 Å². The molecule has 0 bridgehead atoms. The fourth-order valence-corrected chi connectivity index (χ4v) is 3.51. The fraction of sp³-hybridized carbons (Fsp3) is 0.500. The Balaban J connectivity index is 1.55. The van der Waals surface area contributed by atoms with Gasteiger partial charge in [0.05, 0.1) is 0 Å². The molecule has 1 aromatic heterocycles. The van der Waals surface area contributed by atoms with Gasteiger partial charge in [-0.1, -0.05) is 25.3 Å². The summed E-state index contributed by atoms with van der Waals surface area (Å²) < 4.78 is 23.9. The Morgan fingerprint density at radius 1 is 1.33 bits per heavy atom. The summed E-state index contributed by atoms with van der Waals surface area (Å²) in [6.45, 7) is 0.610. The molecular formula is C20H26FN3O3. The van der Waals surface area contributed by atoms with E-state index >= 15 is 0 Å². The zero-order valence-corrected chi connectivity index (χ0v) is 15.8. The number of hydrogen-bond acceptors (Lipinski definition) is 5. The molecule has 2 aromatic rings. The van der Waals surface area contributed by atoms with E-state index < -0.39 is 0 Å². The number of carbonyl (C=O) groups is 1. The first kappa shape index (κ1) is 19.4. The summed E-state index contributed by atoms with van der Waals surface area (Å²) in [5.41, 5.74) is 0.221. The van der Waals surface area contributed by atoms with Crippen molar-refractivity contribution < 1.29 is 18.3 Å². The maximum absolute atomic E-state index is 13.2. The van der Waals surface area contributed by atoms with E-state index in [1.165, 1.54) is 37.7 Å². The lowest BCUT2D eigenvalue weighted by molar-refractivity contribution is 0.0796. The van der Waals surface area contributed by atoms with Crippen molar-refractivity contribution in [3.63, 3.8) is 0 Å². The van der Waals surface area contributed by atoms with Gasteiger partial charge in [-0.2, -0.15) is 0 Å². The number of ether oxygens (including phenoxy) is 1. The molecule has 1 aromatic carbocycles. The minimum absolute atomic E-state index is 0.000961. The van der Waals surface area contributed by atoms with Crippen molar-refractivity contribution in [3.8, 4) is 5.75 Å². The largest absolute Gasteiger partial charge is 0.484 e. The number of amides is 1. The number of nitrogens with zero attached hydrogens (tertiary/aromatic N) is 2. The predicted molar refractivity (Wildman–Crippen MR) is 99.1 cm³/mol. The zero-order chi connectivity index (χ0) is 19.3. The van der Waals surface area contributed by atoms with Crippen LogP contribution in [-0.2, 0) is 6.61 Å². The van der Waals surface area contributed by atoms with Crippen molar-refractivity contribution in [1.29, 1.82) is 0 Å². The van der Waals surface area contributed by atoms with Crippen LogP contribution in [0.25, 0.3) is 0 Å². The molecule has 1 saturated carbocycles. The molecule has 0 unspecified atom stereocenters. The quantitative estimate of drug-likeness (QED) is 0.803. The monoisotopic (exact) mass is 375 g/mol. The smallest absolute Gasteiger partial charge is 0.273 e. The number of oxazole rings is 1. The number of aromatic nitrogens is 1. The van der Waals surface area contributed by atoms with Crippen LogP contribution in [0.4, 0.5) is 4.39 Å². The molecular weight excluding hydrogens is 349 g/mol. The number of rotatable bonds is 7. The molecule has 0 spiro atoms. The average Bonchev–Trinajstić information content (AvgIpc) is 3.14. The van der Waals surface area contributed by atoms with E-state index in [0.717, 1.165) is 12.8 Å². The molecule has 1 N–H and O–H groups in total. The molecule has 0 saturated heterocycles. The predicted octanol–water partition coefficient (Wildman–Crippen LogP) is 3.39. The summed E-state index contributed by atoms with van der Waals surface area (Å²) >= 11 is 0. The Morgan fingerprint density at radius 3 is 2.81 bits per heavy atom. The van der Waals surface area contributed by atoms with Gasteiger partial charge < -0.3 is 19.4 Å². The summed E-state index contributed by atoms with van der Waals surface area (Å²) in [5, 5.41) is 2.99. The highest BCUT2D eigenvalue weighted by molar-refractivity contribution is 5.91. The minimum Gasteiger partial charge on any atom is -0.484 e. The summed E-state index contributed by atoms with van der Waals surface area (Å²) in [4.78, 5) is 18.8. The van der Waals surface area contributed by atoms with Gasteiger partial charge in [-0.25, -0.2) is 9.37 Å². The van der Waals surface area contributed by atoms with Crippen LogP contribution in [0.5, 0.6) is 5.75 Å². The van der Waals surface area contributed by atoms with Gasteiger partial charge >= 0.3 is 0 Å². The molecule has 7 heteroatoms. The van der Waals surface area contributed by atoms with E-state index in [2.05, 4.69) is 29.3 Å². The third kappa shape index (κ3) is 4.86. The topological polar surface area (TPSA) is 67.6 Å². The van der Waals surface area contributed by atoms with Crippen LogP contribution in [0.3, 0.4) is 0 Å². The summed E-state index contributed by atoms with van der Waals surface area (Å²) in [6.07, 6.45) is 7.08. The van der Waals surface area contributed by atoms with E-state index in [-0.39, 0.29) is 35.5 Å². The normalized spacial score (nSPS) is 16.3. The van der Waals surface area contributed by atoms with Crippen molar-refractivity contribution >= 4 is 5.91 Å². The van der Waals surface area contributed by atoms with Crippen LogP contribution < -0.4 is 10.1 Å². The van der Waals surface area contributed by atoms with Gasteiger partial charge in [0, 0.05) is 18.2 Å². The van der Waals surface area contributed by atoms with Gasteiger partial charge in [-0.3, -0.25) is 4.79 Å². The first-order chi connectivity index (χ1) is 13.0. The number of carbonyl (C=O) groups excluding carboxylic acids is 1. The van der Waals surface area contributed by atoms with Crippen LogP contribution in [0.2, 0.25) is 0 Å². The number of nitrogens with one attached hydrogen (secondary N) is 1. The third-order valence-electron chi connectivity index (χ3n) is 5.25. The molecule has 0 atom stereocenters. The van der Waals surface area contributed by atoms with Gasteiger partial charge in [0.2, 0.25) is 5.89 Å². The van der Waals surface area contributed by atoms with Gasteiger partial charge in [0.15, 0.2) is 12.3 Å². The van der Waals surface area contributed by atoms with Crippen molar-refractivity contribution in [1.82, 2.24) is 15.2 Å². The molecule has 1 heterocycles. The first-order valence-electron chi connectivity index (χ1n) is 9.27. The van der Waals surface area contributed by atoms with Crippen LogP contribution in [0, 0.1) is 5.82 Å². The zero-order valence-electron chi connectivity index (χ0n) is 15.8. The molecule has 0 aliphatic heterocycles. The first-order valence-corrected chi connectivity index (χ1v) is 9.27. The van der Waals surface area contributed by atoms with Crippen LogP contribution >= 0.6 is 0 Å². The van der Waals surface area contributed by atoms with Crippen molar-refractivity contribution in [2.75, 3.05) is 20.6 Å². The Kier molecular flexibility index (Phi) is 6.11. The number of benzene rings is 1. The lowest BCUT2D eigenvalue weighted by Crippen LogP contribution is -2.53. The van der Waals surface area contributed by atoms with Crippen molar-refractivity contribution in [2.45, 2.75) is 44.2 Å². The number of likely N-dealkylation sites (N-methyl/N-ethyl adjacent to an activating group) is 1. The second-order valence-corrected chi connectivity index (χ2v) is 7.23. The minimum atomic E-state index is -0.377. The maximum atomic E-state index is 13.2. The second kappa shape index (κ2) is 8.52. The Hall–Kier alpha value is -2.41. The Morgan fingerprint density at radius 2 is 2.11 bits per heavy atom. The van der Waals surface area contributed by atoms with Gasteiger partial charge in [-0.15, -0.1) is 0 Å². The average molecular weight is 375 g/mol. The van der Waals surface area contributed by atoms with Gasteiger partial charge in [-0.05, 0) is 39.1 Å². The Bertz CT molecular complexity index is 769. The molecule has 1 amide bonds. The number of halogens is 1. The van der Waals surface area contributed by atoms with Crippen molar-refractivity contribution in [3.05, 3.63) is 47.9 Å². The van der Waals surface area contributed by atoms with E-state index in [9.17, 15) is 9.18 Å². The van der Waals surface area contributed by atoms with E-state index in [1.807, 2.05) is 0 Å². The highest BCUT2D eigenvalue weighted by Gasteiger charge is 2.34. The maximum Gasteiger partial charge on any atom is 0.273 e. The second-order valence-electron chi connectivity index (χ2n) is 7.23. The molecule has 1 aliphatic carbocycles. The highest BCUT2D eigenvalue weighted by Crippen LogP contribution is 2.31. The lowest BCUT2D eigenvalue weighted by atomic mass is 9.80. The SMILES string of the molecule is CN(C)C1(CNC(=O)c2coc(COc3cccc(F)c3)n2)CCCCC1.